The molecule has 0 heterocycles. The summed E-state index contributed by atoms with van der Waals surface area (Å²) < 4.78 is 0. The van der Waals surface area contributed by atoms with Crippen molar-refractivity contribution in [2.24, 2.45) is 0 Å². The molecule has 0 aromatic rings. The fourth-order valence-electron chi connectivity index (χ4n) is 1.82. The average Bonchev–Trinajstić information content (AvgIpc) is 2.26. The molecule has 0 unspecified atom stereocenters. The van der Waals surface area contributed by atoms with E-state index in [1.807, 2.05) is 0 Å². The topological polar surface area (TPSA) is 71.4 Å². The van der Waals surface area contributed by atoms with Crippen LogP contribution in [0.4, 0.5) is 0 Å². The SMILES string of the molecule is CCCCCCCCCC(=O)CC(=O)CC(=O)O. The van der Waals surface area contributed by atoms with Crippen LogP contribution in [0.2, 0.25) is 0 Å². The first-order valence-electron chi connectivity index (χ1n) is 6.81. The molecule has 0 aromatic heterocycles. The molecule has 0 spiro atoms. The van der Waals surface area contributed by atoms with Crippen molar-refractivity contribution in [2.75, 3.05) is 0 Å². The predicted molar refractivity (Wildman–Crippen MR) is 69.5 cm³/mol. The molecule has 0 rings (SSSR count). The van der Waals surface area contributed by atoms with E-state index in [4.69, 9.17) is 5.11 Å². The van der Waals surface area contributed by atoms with Gasteiger partial charge in [-0.15, -0.1) is 0 Å². The van der Waals surface area contributed by atoms with E-state index in [9.17, 15) is 14.4 Å². The Hall–Kier alpha value is -1.19. The van der Waals surface area contributed by atoms with E-state index in [1.54, 1.807) is 0 Å². The Morgan fingerprint density at radius 3 is 1.89 bits per heavy atom. The number of carbonyl (C=O) groups excluding carboxylic acids is 2. The highest BCUT2D eigenvalue weighted by molar-refractivity contribution is 6.05. The van der Waals surface area contributed by atoms with Crippen molar-refractivity contribution in [2.45, 2.75) is 71.1 Å². The average molecular weight is 256 g/mol. The molecule has 1 N–H and O–H groups in total. The molecule has 4 nitrogen and oxygen atoms in total. The second kappa shape index (κ2) is 10.9. The van der Waals surface area contributed by atoms with Crippen molar-refractivity contribution in [3.8, 4) is 0 Å². The number of hydrogen-bond acceptors (Lipinski definition) is 3. The highest BCUT2D eigenvalue weighted by Gasteiger charge is 2.12. The minimum absolute atomic E-state index is 0.130. The molecule has 18 heavy (non-hydrogen) atoms. The first kappa shape index (κ1) is 16.8. The molecule has 0 bridgehead atoms. The highest BCUT2D eigenvalue weighted by atomic mass is 16.4. The molecule has 0 radical (unpaired) electrons. The lowest BCUT2D eigenvalue weighted by molar-refractivity contribution is -0.140. The molecule has 104 valence electrons. The van der Waals surface area contributed by atoms with Gasteiger partial charge in [0.25, 0.3) is 0 Å². The maximum absolute atomic E-state index is 11.4. The van der Waals surface area contributed by atoms with Gasteiger partial charge in [-0.25, -0.2) is 0 Å². The summed E-state index contributed by atoms with van der Waals surface area (Å²) in [5.74, 6) is -1.78. The summed E-state index contributed by atoms with van der Waals surface area (Å²) in [6, 6.07) is 0. The minimum atomic E-state index is -1.16. The summed E-state index contributed by atoms with van der Waals surface area (Å²) in [5.41, 5.74) is 0. The Balaban J connectivity index is 3.42. The van der Waals surface area contributed by atoms with E-state index >= 15 is 0 Å². The summed E-state index contributed by atoms with van der Waals surface area (Å²) in [5, 5.41) is 8.38. The lowest BCUT2D eigenvalue weighted by Gasteiger charge is -2.01. The lowest BCUT2D eigenvalue weighted by Crippen LogP contribution is -2.11. The third kappa shape index (κ3) is 11.3. The molecule has 0 amide bonds. The molecule has 0 saturated heterocycles. The van der Waals surface area contributed by atoms with Crippen LogP contribution < -0.4 is 0 Å². The lowest BCUT2D eigenvalue weighted by atomic mass is 10.0. The van der Waals surface area contributed by atoms with Crippen LogP contribution in [-0.2, 0) is 14.4 Å². The number of carbonyl (C=O) groups is 3. The van der Waals surface area contributed by atoms with Gasteiger partial charge in [-0.1, -0.05) is 45.4 Å². The Bertz CT molecular complexity index is 271. The standard InChI is InChI=1S/C14H24O4/c1-2-3-4-5-6-7-8-9-12(15)10-13(16)11-14(17)18/h2-11H2,1H3,(H,17,18). The van der Waals surface area contributed by atoms with Crippen LogP contribution in [0.25, 0.3) is 0 Å². The Morgan fingerprint density at radius 2 is 1.33 bits per heavy atom. The molecule has 4 heteroatoms. The van der Waals surface area contributed by atoms with Crippen LogP contribution in [-0.4, -0.2) is 22.6 Å². The fraction of sp³-hybridized carbons (Fsp3) is 0.786. The third-order valence-corrected chi connectivity index (χ3v) is 2.80. The van der Waals surface area contributed by atoms with Crippen molar-refractivity contribution >= 4 is 17.5 Å². The van der Waals surface area contributed by atoms with E-state index in [1.165, 1.54) is 25.7 Å². The van der Waals surface area contributed by atoms with Gasteiger partial charge in [0.2, 0.25) is 0 Å². The smallest absolute Gasteiger partial charge is 0.310 e. The first-order valence-corrected chi connectivity index (χ1v) is 6.81. The molecule has 0 aliphatic rings. The summed E-state index contributed by atoms with van der Waals surface area (Å²) in [6.45, 7) is 2.17. The number of carboxylic acids is 1. The largest absolute Gasteiger partial charge is 0.481 e. The zero-order valence-corrected chi connectivity index (χ0v) is 11.2. The predicted octanol–water partition coefficient (Wildman–Crippen LogP) is 3.13. The van der Waals surface area contributed by atoms with Crippen LogP contribution >= 0.6 is 0 Å². The number of carboxylic acid groups (broad SMARTS) is 1. The minimum Gasteiger partial charge on any atom is -0.481 e. The van der Waals surface area contributed by atoms with Crippen molar-refractivity contribution in [3.05, 3.63) is 0 Å². The van der Waals surface area contributed by atoms with E-state index in [0.717, 1.165) is 19.3 Å². The van der Waals surface area contributed by atoms with Gasteiger partial charge in [-0.05, 0) is 6.42 Å². The summed E-state index contributed by atoms with van der Waals surface area (Å²) >= 11 is 0. The van der Waals surface area contributed by atoms with E-state index < -0.39 is 18.2 Å². The van der Waals surface area contributed by atoms with Crippen molar-refractivity contribution in [3.63, 3.8) is 0 Å². The molecule has 0 fully saturated rings. The van der Waals surface area contributed by atoms with Gasteiger partial charge in [0.1, 0.15) is 12.2 Å². The van der Waals surface area contributed by atoms with Crippen LogP contribution in [0.3, 0.4) is 0 Å². The molecule has 0 aliphatic carbocycles. The maximum atomic E-state index is 11.4. The Morgan fingerprint density at radius 1 is 0.778 bits per heavy atom. The van der Waals surface area contributed by atoms with Gasteiger partial charge in [-0.3, -0.25) is 14.4 Å². The number of unbranched alkanes of at least 4 members (excludes halogenated alkanes) is 6. The molecule has 0 aliphatic heterocycles. The van der Waals surface area contributed by atoms with Crippen molar-refractivity contribution in [1.82, 2.24) is 0 Å². The third-order valence-electron chi connectivity index (χ3n) is 2.80. The van der Waals surface area contributed by atoms with Gasteiger partial charge >= 0.3 is 5.97 Å². The van der Waals surface area contributed by atoms with E-state index in [2.05, 4.69) is 6.92 Å². The van der Waals surface area contributed by atoms with Crippen LogP contribution in [0.1, 0.15) is 71.1 Å². The second-order valence-electron chi connectivity index (χ2n) is 4.70. The van der Waals surface area contributed by atoms with E-state index in [-0.39, 0.29) is 12.2 Å². The van der Waals surface area contributed by atoms with Gasteiger partial charge in [-0.2, -0.15) is 0 Å². The van der Waals surface area contributed by atoms with Gasteiger partial charge in [0.05, 0.1) is 6.42 Å². The zero-order valence-electron chi connectivity index (χ0n) is 11.2. The Labute approximate surface area is 109 Å². The summed E-state index contributed by atoms with van der Waals surface area (Å²) in [7, 11) is 0. The van der Waals surface area contributed by atoms with E-state index in [0.29, 0.717) is 6.42 Å². The normalized spacial score (nSPS) is 10.3. The maximum Gasteiger partial charge on any atom is 0.310 e. The molecule has 0 aromatic carbocycles. The molecule has 0 atom stereocenters. The monoisotopic (exact) mass is 256 g/mol. The van der Waals surface area contributed by atoms with Crippen LogP contribution in [0.5, 0.6) is 0 Å². The van der Waals surface area contributed by atoms with Crippen LogP contribution in [0, 0.1) is 0 Å². The van der Waals surface area contributed by atoms with Crippen LogP contribution in [0.15, 0.2) is 0 Å². The first-order chi connectivity index (χ1) is 8.56. The number of Topliss-reactive ketones (excluding diaryl/α,β-unsaturated/α-hetero) is 2. The highest BCUT2D eigenvalue weighted by Crippen LogP contribution is 2.09. The Kier molecular flexibility index (Phi) is 10.2. The van der Waals surface area contributed by atoms with Crippen molar-refractivity contribution < 1.29 is 19.5 Å². The van der Waals surface area contributed by atoms with Crippen molar-refractivity contribution in [1.29, 1.82) is 0 Å². The van der Waals surface area contributed by atoms with Gasteiger partial charge in [0.15, 0.2) is 5.78 Å². The summed E-state index contributed by atoms with van der Waals surface area (Å²) in [4.78, 5) is 32.7. The number of ketones is 2. The van der Waals surface area contributed by atoms with Gasteiger partial charge < -0.3 is 5.11 Å². The molecule has 0 saturated carbocycles. The second-order valence-corrected chi connectivity index (χ2v) is 4.70. The molecular formula is C14H24O4. The number of rotatable bonds is 12. The van der Waals surface area contributed by atoms with Gasteiger partial charge in [0, 0.05) is 6.42 Å². The number of aliphatic carboxylic acids is 1. The number of hydrogen-bond donors (Lipinski definition) is 1. The fourth-order valence-corrected chi connectivity index (χ4v) is 1.82. The zero-order chi connectivity index (χ0) is 13.8. The quantitative estimate of drug-likeness (QED) is 0.430. The molecular weight excluding hydrogens is 232 g/mol. The summed E-state index contributed by atoms with van der Waals surface area (Å²) in [6.07, 6.45) is 7.56.